The summed E-state index contributed by atoms with van der Waals surface area (Å²) in [4.78, 5) is 6.43. The smallest absolute Gasteiger partial charge is 0.253 e. The first kappa shape index (κ1) is 23.7. The molecule has 0 bridgehead atoms. The van der Waals surface area contributed by atoms with Crippen LogP contribution in [-0.2, 0) is 16.3 Å². The Balaban J connectivity index is 1.31. The van der Waals surface area contributed by atoms with Crippen LogP contribution in [0.25, 0.3) is 22.9 Å². The number of ether oxygens (including phenoxy) is 1. The average Bonchev–Trinajstić information content (AvgIpc) is 3.42. The van der Waals surface area contributed by atoms with Crippen LogP contribution in [0.4, 0.5) is 8.78 Å². The van der Waals surface area contributed by atoms with Crippen molar-refractivity contribution in [3.05, 3.63) is 71.7 Å². The van der Waals surface area contributed by atoms with Crippen molar-refractivity contribution in [2.24, 2.45) is 0 Å². The molecule has 4 aromatic rings. The second kappa shape index (κ2) is 9.03. The van der Waals surface area contributed by atoms with Crippen molar-refractivity contribution in [2.45, 2.75) is 18.9 Å². The number of aromatic nitrogens is 5. The molecule has 1 saturated heterocycles. The Bertz CT molecular complexity index is 1600. The summed E-state index contributed by atoms with van der Waals surface area (Å²) in [6.45, 7) is 1.82. The topological polar surface area (TPSA) is 95.1 Å². The number of fused-ring (bicyclic) bond motifs is 3. The molecule has 12 heteroatoms. The standard InChI is InChI=1S/C25H24F2N6O3S/c1-37(34,35)11-9-31-8-6-21(31)16-2-4-19-23(12-16)36-10-7-17-14-32(30-24(17)19)25-28-15-29-33(25)22-5-3-18(26)13-20(22)27/h2-5,12-15,21H,6-11H2,1H3. The predicted octanol–water partition coefficient (Wildman–Crippen LogP) is 3.12. The summed E-state index contributed by atoms with van der Waals surface area (Å²) in [6, 6.07) is 9.44. The summed E-state index contributed by atoms with van der Waals surface area (Å²) in [5.74, 6) is -0.312. The lowest BCUT2D eigenvalue weighted by atomic mass is 9.93. The molecule has 0 saturated carbocycles. The van der Waals surface area contributed by atoms with Gasteiger partial charge in [-0.3, -0.25) is 4.90 Å². The molecule has 9 nitrogen and oxygen atoms in total. The first-order chi connectivity index (χ1) is 17.8. The highest BCUT2D eigenvalue weighted by molar-refractivity contribution is 7.90. The van der Waals surface area contributed by atoms with E-state index in [4.69, 9.17) is 9.84 Å². The van der Waals surface area contributed by atoms with Crippen LogP contribution in [0.3, 0.4) is 0 Å². The van der Waals surface area contributed by atoms with E-state index in [-0.39, 0.29) is 23.4 Å². The zero-order chi connectivity index (χ0) is 25.7. The van der Waals surface area contributed by atoms with Gasteiger partial charge in [-0.05, 0) is 36.2 Å². The zero-order valence-corrected chi connectivity index (χ0v) is 20.8. The first-order valence-corrected chi connectivity index (χ1v) is 14.0. The van der Waals surface area contributed by atoms with Crippen molar-refractivity contribution in [3.63, 3.8) is 0 Å². The highest BCUT2D eigenvalue weighted by Crippen LogP contribution is 2.40. The van der Waals surface area contributed by atoms with Crippen LogP contribution in [0.5, 0.6) is 5.75 Å². The molecule has 0 N–H and O–H groups in total. The second-order valence-corrected chi connectivity index (χ2v) is 11.6. The lowest BCUT2D eigenvalue weighted by molar-refractivity contribution is 0.0991. The van der Waals surface area contributed by atoms with Gasteiger partial charge in [-0.1, -0.05) is 6.07 Å². The van der Waals surface area contributed by atoms with Crippen LogP contribution in [-0.4, -0.2) is 69.6 Å². The molecule has 1 fully saturated rings. The van der Waals surface area contributed by atoms with Gasteiger partial charge in [-0.25, -0.2) is 21.9 Å². The van der Waals surface area contributed by atoms with Crippen LogP contribution in [0.2, 0.25) is 0 Å². The maximum atomic E-state index is 14.5. The first-order valence-electron chi connectivity index (χ1n) is 11.9. The van der Waals surface area contributed by atoms with E-state index in [1.165, 1.54) is 23.3 Å². The molecule has 0 amide bonds. The fraction of sp³-hybridized carbons (Fsp3) is 0.320. The van der Waals surface area contributed by atoms with E-state index >= 15 is 0 Å². The van der Waals surface area contributed by atoms with Gasteiger partial charge in [0.1, 0.15) is 33.4 Å². The Morgan fingerprint density at radius 2 is 2.03 bits per heavy atom. The molecule has 6 rings (SSSR count). The van der Waals surface area contributed by atoms with Gasteiger partial charge in [-0.15, -0.1) is 0 Å². The number of benzene rings is 2. The maximum absolute atomic E-state index is 14.5. The predicted molar refractivity (Wildman–Crippen MR) is 132 cm³/mol. The van der Waals surface area contributed by atoms with Crippen molar-refractivity contribution in [1.29, 1.82) is 0 Å². The molecular weight excluding hydrogens is 502 g/mol. The molecule has 192 valence electrons. The zero-order valence-electron chi connectivity index (χ0n) is 20.0. The molecule has 2 aromatic carbocycles. The minimum atomic E-state index is -3.02. The van der Waals surface area contributed by atoms with Crippen molar-refractivity contribution >= 4 is 9.84 Å². The normalized spacial score (nSPS) is 17.4. The Labute approximate surface area is 212 Å². The van der Waals surface area contributed by atoms with Gasteiger partial charge in [0.15, 0.2) is 5.82 Å². The third-order valence-corrected chi connectivity index (χ3v) is 7.74. The van der Waals surface area contributed by atoms with Gasteiger partial charge in [0, 0.05) is 55.2 Å². The number of nitrogens with zero attached hydrogens (tertiary/aromatic N) is 6. The molecule has 2 aliphatic rings. The van der Waals surface area contributed by atoms with E-state index in [0.29, 0.717) is 25.3 Å². The molecule has 1 unspecified atom stereocenters. The molecule has 0 radical (unpaired) electrons. The van der Waals surface area contributed by atoms with Gasteiger partial charge >= 0.3 is 0 Å². The Kier molecular flexibility index (Phi) is 5.80. The van der Waals surface area contributed by atoms with Crippen molar-refractivity contribution < 1.29 is 21.9 Å². The molecule has 2 aromatic heterocycles. The highest BCUT2D eigenvalue weighted by atomic mass is 32.2. The van der Waals surface area contributed by atoms with Gasteiger partial charge < -0.3 is 4.74 Å². The third kappa shape index (κ3) is 4.51. The molecule has 0 spiro atoms. The monoisotopic (exact) mass is 526 g/mol. The van der Waals surface area contributed by atoms with E-state index in [9.17, 15) is 17.2 Å². The van der Waals surface area contributed by atoms with E-state index in [0.717, 1.165) is 47.5 Å². The van der Waals surface area contributed by atoms with Crippen LogP contribution in [0.1, 0.15) is 23.6 Å². The quantitative estimate of drug-likeness (QED) is 0.381. The minimum absolute atomic E-state index is 0.0638. The van der Waals surface area contributed by atoms with Crippen LogP contribution in [0.15, 0.2) is 48.9 Å². The summed E-state index contributed by atoms with van der Waals surface area (Å²) in [5.41, 5.74) is 3.65. The summed E-state index contributed by atoms with van der Waals surface area (Å²) in [5, 5.41) is 8.87. The summed E-state index contributed by atoms with van der Waals surface area (Å²) < 4.78 is 59.9. The maximum Gasteiger partial charge on any atom is 0.253 e. The molecule has 37 heavy (non-hydrogen) atoms. The number of hydrogen-bond donors (Lipinski definition) is 0. The van der Waals surface area contributed by atoms with Crippen LogP contribution < -0.4 is 4.74 Å². The lowest BCUT2D eigenvalue weighted by Gasteiger charge is -2.41. The molecule has 2 aliphatic heterocycles. The fourth-order valence-electron chi connectivity index (χ4n) is 4.84. The van der Waals surface area contributed by atoms with Crippen LogP contribution in [0, 0.1) is 11.6 Å². The van der Waals surface area contributed by atoms with Gasteiger partial charge in [-0.2, -0.15) is 19.9 Å². The van der Waals surface area contributed by atoms with E-state index in [2.05, 4.69) is 15.0 Å². The minimum Gasteiger partial charge on any atom is -0.493 e. The number of likely N-dealkylation sites (tertiary alicyclic amines) is 1. The van der Waals surface area contributed by atoms with Crippen LogP contribution >= 0.6 is 0 Å². The van der Waals surface area contributed by atoms with Gasteiger partial charge in [0.25, 0.3) is 5.95 Å². The van der Waals surface area contributed by atoms with E-state index in [1.54, 1.807) is 4.68 Å². The van der Waals surface area contributed by atoms with Crippen molar-refractivity contribution in [1.82, 2.24) is 29.4 Å². The number of rotatable bonds is 6. The third-order valence-electron chi connectivity index (χ3n) is 6.82. The molecule has 0 aliphatic carbocycles. The van der Waals surface area contributed by atoms with Gasteiger partial charge in [0.05, 0.1) is 18.1 Å². The Morgan fingerprint density at radius 1 is 1.16 bits per heavy atom. The van der Waals surface area contributed by atoms with Crippen molar-refractivity contribution in [2.75, 3.05) is 31.7 Å². The van der Waals surface area contributed by atoms with E-state index < -0.39 is 21.5 Å². The largest absolute Gasteiger partial charge is 0.493 e. The number of halogens is 2. The molecule has 1 atom stereocenters. The summed E-state index contributed by atoms with van der Waals surface area (Å²) >= 11 is 0. The second-order valence-electron chi connectivity index (χ2n) is 9.34. The van der Waals surface area contributed by atoms with E-state index in [1.807, 2.05) is 24.4 Å². The molecular formula is C25H24F2N6O3S. The fourth-order valence-corrected chi connectivity index (χ4v) is 5.40. The number of sulfone groups is 1. The average molecular weight is 527 g/mol. The number of hydrogen-bond acceptors (Lipinski definition) is 7. The highest BCUT2D eigenvalue weighted by Gasteiger charge is 2.31. The molecule has 4 heterocycles. The van der Waals surface area contributed by atoms with Crippen molar-refractivity contribution in [3.8, 4) is 28.6 Å². The SMILES string of the molecule is CS(=O)(=O)CCN1CCC1c1ccc2c(c1)OCCc1cn(-c3ncnn3-c3ccc(F)cc3F)nc1-2. The Morgan fingerprint density at radius 3 is 2.78 bits per heavy atom. The summed E-state index contributed by atoms with van der Waals surface area (Å²) in [6.07, 6.45) is 5.94. The Hall–Kier alpha value is -3.64. The summed E-state index contributed by atoms with van der Waals surface area (Å²) in [7, 11) is -3.02. The lowest BCUT2D eigenvalue weighted by Crippen LogP contribution is -2.43. The van der Waals surface area contributed by atoms with Gasteiger partial charge in [0.2, 0.25) is 0 Å².